The lowest BCUT2D eigenvalue weighted by atomic mass is 9.96. The van der Waals surface area contributed by atoms with Gasteiger partial charge in [-0.3, -0.25) is 9.59 Å². The number of aryl methyl sites for hydroxylation is 2. The highest BCUT2D eigenvalue weighted by molar-refractivity contribution is 7.91. The number of hydrogen-bond acceptors (Lipinski definition) is 5. The molecule has 0 atom stereocenters. The number of likely N-dealkylation sites (tertiary alicyclic amines) is 1. The number of rotatable bonds is 5. The summed E-state index contributed by atoms with van der Waals surface area (Å²) in [7, 11) is -3.86. The molecule has 0 radical (unpaired) electrons. The van der Waals surface area contributed by atoms with Gasteiger partial charge in [-0.1, -0.05) is 24.3 Å². The van der Waals surface area contributed by atoms with E-state index < -0.39 is 9.84 Å². The van der Waals surface area contributed by atoms with Crippen LogP contribution in [0.25, 0.3) is 0 Å². The molecular formula is C23H27NO5S. The molecule has 0 bridgehead atoms. The van der Waals surface area contributed by atoms with Crippen LogP contribution in [0.4, 0.5) is 0 Å². The minimum atomic E-state index is -3.86. The molecule has 160 valence electrons. The standard InChI is InChI=1S/C23H27NO5S/c1-4-29-23(26)18-11-13-24(14-12-18)22(25)19-7-5-6-8-20(19)30(27,28)21-15-16(2)9-10-17(21)3/h5-10,15,18H,4,11-14H2,1-3H3. The van der Waals surface area contributed by atoms with E-state index in [1.807, 2.05) is 13.0 Å². The second-order valence-electron chi connectivity index (χ2n) is 7.59. The molecule has 2 aromatic carbocycles. The molecule has 2 aromatic rings. The molecule has 6 nitrogen and oxygen atoms in total. The Morgan fingerprint density at radius 3 is 2.37 bits per heavy atom. The van der Waals surface area contributed by atoms with Gasteiger partial charge in [-0.15, -0.1) is 0 Å². The molecule has 3 rings (SSSR count). The molecule has 1 heterocycles. The molecule has 0 aliphatic carbocycles. The third kappa shape index (κ3) is 4.41. The van der Waals surface area contributed by atoms with Crippen LogP contribution in [0, 0.1) is 19.8 Å². The second-order valence-corrected chi connectivity index (χ2v) is 9.47. The zero-order chi connectivity index (χ0) is 21.9. The largest absolute Gasteiger partial charge is 0.466 e. The Morgan fingerprint density at radius 2 is 1.70 bits per heavy atom. The Bertz CT molecular complexity index is 1050. The lowest BCUT2D eigenvalue weighted by Gasteiger charge is -2.31. The summed E-state index contributed by atoms with van der Waals surface area (Å²) >= 11 is 0. The second kappa shape index (κ2) is 9.00. The van der Waals surface area contributed by atoms with E-state index in [2.05, 4.69) is 0 Å². The maximum Gasteiger partial charge on any atom is 0.309 e. The van der Waals surface area contributed by atoms with E-state index in [4.69, 9.17) is 4.74 Å². The average molecular weight is 430 g/mol. The first kappa shape index (κ1) is 22.0. The van der Waals surface area contributed by atoms with Gasteiger partial charge in [-0.05, 0) is 62.9 Å². The molecule has 1 fully saturated rings. The van der Waals surface area contributed by atoms with Crippen LogP contribution < -0.4 is 0 Å². The molecule has 7 heteroatoms. The van der Waals surface area contributed by atoms with Crippen LogP contribution in [-0.4, -0.2) is 44.9 Å². The first-order valence-corrected chi connectivity index (χ1v) is 11.6. The zero-order valence-corrected chi connectivity index (χ0v) is 18.4. The SMILES string of the molecule is CCOC(=O)C1CCN(C(=O)c2ccccc2S(=O)(=O)c2cc(C)ccc2C)CC1. The quantitative estimate of drug-likeness (QED) is 0.679. The van der Waals surface area contributed by atoms with Gasteiger partial charge in [0, 0.05) is 13.1 Å². The van der Waals surface area contributed by atoms with E-state index in [0.717, 1.165) is 5.56 Å². The summed E-state index contributed by atoms with van der Waals surface area (Å²) in [4.78, 5) is 27.0. The smallest absolute Gasteiger partial charge is 0.309 e. The van der Waals surface area contributed by atoms with Gasteiger partial charge in [0.05, 0.1) is 27.9 Å². The molecule has 30 heavy (non-hydrogen) atoms. The normalized spacial score (nSPS) is 15.1. The Morgan fingerprint density at radius 1 is 1.03 bits per heavy atom. The van der Waals surface area contributed by atoms with Crippen LogP contribution in [0.5, 0.6) is 0 Å². The van der Waals surface area contributed by atoms with Crippen LogP contribution >= 0.6 is 0 Å². The number of sulfone groups is 1. The Balaban J connectivity index is 1.88. The van der Waals surface area contributed by atoms with Crippen LogP contribution in [0.2, 0.25) is 0 Å². The first-order chi connectivity index (χ1) is 14.3. The number of benzene rings is 2. The lowest BCUT2D eigenvalue weighted by molar-refractivity contribution is -0.149. The van der Waals surface area contributed by atoms with Crippen LogP contribution in [0.3, 0.4) is 0 Å². The number of carbonyl (C=O) groups is 2. The van der Waals surface area contributed by atoms with Crippen molar-refractivity contribution in [3.8, 4) is 0 Å². The van der Waals surface area contributed by atoms with Crippen LogP contribution in [-0.2, 0) is 19.4 Å². The number of nitrogens with zero attached hydrogens (tertiary/aromatic N) is 1. The summed E-state index contributed by atoms with van der Waals surface area (Å²) in [5.41, 5.74) is 1.63. The number of amides is 1. The van der Waals surface area contributed by atoms with Crippen molar-refractivity contribution in [3.05, 3.63) is 59.2 Å². The number of piperidine rings is 1. The minimum Gasteiger partial charge on any atom is -0.466 e. The number of ether oxygens (including phenoxy) is 1. The van der Waals surface area contributed by atoms with Crippen molar-refractivity contribution < 1.29 is 22.7 Å². The molecule has 1 saturated heterocycles. The van der Waals surface area contributed by atoms with Crippen molar-refractivity contribution in [3.63, 3.8) is 0 Å². The van der Waals surface area contributed by atoms with Gasteiger partial charge in [0.1, 0.15) is 0 Å². The molecule has 0 unspecified atom stereocenters. The van der Waals surface area contributed by atoms with Crippen molar-refractivity contribution in [1.29, 1.82) is 0 Å². The van der Waals surface area contributed by atoms with E-state index in [-0.39, 0.29) is 33.1 Å². The molecule has 0 N–H and O–H groups in total. The highest BCUT2D eigenvalue weighted by Gasteiger charge is 2.32. The monoisotopic (exact) mass is 429 g/mol. The van der Waals surface area contributed by atoms with E-state index in [9.17, 15) is 18.0 Å². The maximum atomic E-state index is 13.4. The maximum absolute atomic E-state index is 13.4. The lowest BCUT2D eigenvalue weighted by Crippen LogP contribution is -2.41. The van der Waals surface area contributed by atoms with Gasteiger partial charge in [-0.25, -0.2) is 8.42 Å². The van der Waals surface area contributed by atoms with Gasteiger partial charge in [-0.2, -0.15) is 0 Å². The predicted molar refractivity (Wildman–Crippen MR) is 113 cm³/mol. The summed E-state index contributed by atoms with van der Waals surface area (Å²) < 4.78 is 31.9. The topological polar surface area (TPSA) is 80.8 Å². The predicted octanol–water partition coefficient (Wildman–Crippen LogP) is 3.55. The Labute approximate surface area is 177 Å². The number of hydrogen-bond donors (Lipinski definition) is 0. The van der Waals surface area contributed by atoms with Crippen molar-refractivity contribution in [2.75, 3.05) is 19.7 Å². The van der Waals surface area contributed by atoms with E-state index in [1.165, 1.54) is 6.07 Å². The van der Waals surface area contributed by atoms with Crippen molar-refractivity contribution in [1.82, 2.24) is 4.90 Å². The van der Waals surface area contributed by atoms with Gasteiger partial charge >= 0.3 is 5.97 Å². The van der Waals surface area contributed by atoms with Gasteiger partial charge in [0.15, 0.2) is 0 Å². The zero-order valence-electron chi connectivity index (χ0n) is 17.6. The molecule has 0 spiro atoms. The summed E-state index contributed by atoms with van der Waals surface area (Å²) in [6, 6.07) is 11.6. The van der Waals surface area contributed by atoms with E-state index in [1.54, 1.807) is 49.1 Å². The summed E-state index contributed by atoms with van der Waals surface area (Å²) in [5.74, 6) is -0.785. The average Bonchev–Trinajstić information content (AvgIpc) is 2.75. The summed E-state index contributed by atoms with van der Waals surface area (Å²) in [6.07, 6.45) is 1.02. The van der Waals surface area contributed by atoms with E-state index >= 15 is 0 Å². The number of esters is 1. The third-order valence-electron chi connectivity index (χ3n) is 5.44. The Kier molecular flexibility index (Phi) is 6.61. The van der Waals surface area contributed by atoms with Gasteiger partial charge in [0.2, 0.25) is 9.84 Å². The fourth-order valence-corrected chi connectivity index (χ4v) is 5.51. The van der Waals surface area contributed by atoms with Crippen molar-refractivity contribution >= 4 is 21.7 Å². The Hall–Kier alpha value is -2.67. The molecule has 1 aliphatic rings. The van der Waals surface area contributed by atoms with Crippen LogP contribution in [0.1, 0.15) is 41.3 Å². The molecule has 1 amide bonds. The molecular weight excluding hydrogens is 402 g/mol. The highest BCUT2D eigenvalue weighted by atomic mass is 32.2. The molecule has 0 aromatic heterocycles. The minimum absolute atomic E-state index is 0.0104. The number of carbonyl (C=O) groups excluding carboxylic acids is 2. The fraction of sp³-hybridized carbons (Fsp3) is 0.391. The first-order valence-electron chi connectivity index (χ1n) is 10.1. The van der Waals surface area contributed by atoms with Crippen molar-refractivity contribution in [2.24, 2.45) is 5.92 Å². The third-order valence-corrected chi connectivity index (χ3v) is 7.40. The fourth-order valence-electron chi connectivity index (χ4n) is 3.74. The van der Waals surface area contributed by atoms with Crippen LogP contribution in [0.15, 0.2) is 52.3 Å². The highest BCUT2D eigenvalue weighted by Crippen LogP contribution is 2.29. The van der Waals surface area contributed by atoms with Crippen molar-refractivity contribution in [2.45, 2.75) is 43.4 Å². The summed E-state index contributed by atoms with van der Waals surface area (Å²) in [6.45, 7) is 6.46. The molecule has 0 saturated carbocycles. The molecule has 1 aliphatic heterocycles. The van der Waals surface area contributed by atoms with Gasteiger partial charge < -0.3 is 9.64 Å². The van der Waals surface area contributed by atoms with Gasteiger partial charge in [0.25, 0.3) is 5.91 Å². The summed E-state index contributed by atoms with van der Waals surface area (Å²) in [5, 5.41) is 0. The van der Waals surface area contributed by atoms with E-state index in [0.29, 0.717) is 38.1 Å².